The lowest BCUT2D eigenvalue weighted by Gasteiger charge is -2.21. The van der Waals surface area contributed by atoms with Gasteiger partial charge in [-0.3, -0.25) is 14.0 Å². The molecule has 5 aromatic rings. The number of anilines is 3. The highest BCUT2D eigenvalue weighted by Gasteiger charge is 2.28. The number of fused-ring (bicyclic) bond motifs is 4. The van der Waals surface area contributed by atoms with Crippen LogP contribution in [0.2, 0.25) is 0 Å². The molecule has 2 amide bonds. The molecule has 0 saturated heterocycles. The number of carbonyl (C=O) groups excluding carboxylic acids is 2. The zero-order chi connectivity index (χ0) is 26.6. The van der Waals surface area contributed by atoms with E-state index in [4.69, 9.17) is 9.40 Å². The number of benzene rings is 1. The maximum atomic E-state index is 13.0. The summed E-state index contributed by atoms with van der Waals surface area (Å²) in [6, 6.07) is 9.40. The molecular weight excluding hydrogens is 484 g/mol. The van der Waals surface area contributed by atoms with Gasteiger partial charge in [0.2, 0.25) is 11.6 Å². The van der Waals surface area contributed by atoms with E-state index in [1.165, 1.54) is 6.92 Å². The molecule has 4 aromatic heterocycles. The van der Waals surface area contributed by atoms with Gasteiger partial charge in [0.25, 0.3) is 5.91 Å². The van der Waals surface area contributed by atoms with Crippen molar-refractivity contribution >= 4 is 45.9 Å². The molecule has 1 aromatic carbocycles. The predicted octanol–water partition coefficient (Wildman–Crippen LogP) is 3.57. The average molecular weight is 511 g/mol. The summed E-state index contributed by atoms with van der Waals surface area (Å²) >= 11 is 0. The Morgan fingerprint density at radius 3 is 2.76 bits per heavy atom. The van der Waals surface area contributed by atoms with E-state index in [2.05, 4.69) is 20.6 Å². The number of furan rings is 1. The minimum Gasteiger partial charge on any atom is -0.445 e. The number of imidazole rings is 1. The normalized spacial score (nSPS) is 12.8. The number of carbonyl (C=O) groups is 2. The monoisotopic (exact) mass is 510 g/mol. The van der Waals surface area contributed by atoms with Crippen molar-refractivity contribution in [2.24, 2.45) is 0 Å². The first-order chi connectivity index (χ1) is 18.3. The Labute approximate surface area is 218 Å². The lowest BCUT2D eigenvalue weighted by molar-refractivity contribution is -0.116. The Morgan fingerprint density at radius 2 is 1.97 bits per heavy atom. The van der Waals surface area contributed by atoms with Crippen LogP contribution < -0.4 is 15.5 Å². The predicted molar refractivity (Wildman–Crippen MR) is 143 cm³/mol. The SMILES string of the molecule is CC(=O)N(C)c1ccc(Nc2ccc(-c3cnc4cnc5occc5n34)c3c2C(=O)NC3)nc1CN(C)C. The summed E-state index contributed by atoms with van der Waals surface area (Å²) in [7, 11) is 5.63. The van der Waals surface area contributed by atoms with Crippen molar-refractivity contribution in [2.75, 3.05) is 31.4 Å². The zero-order valence-corrected chi connectivity index (χ0v) is 21.4. The van der Waals surface area contributed by atoms with Crippen LogP contribution in [-0.4, -0.2) is 57.2 Å². The molecule has 192 valence electrons. The Bertz CT molecular complexity index is 1740. The molecule has 5 heterocycles. The first-order valence-corrected chi connectivity index (χ1v) is 12.1. The van der Waals surface area contributed by atoms with Gasteiger partial charge in [-0.15, -0.1) is 0 Å². The van der Waals surface area contributed by atoms with Crippen molar-refractivity contribution in [3.63, 3.8) is 0 Å². The summed E-state index contributed by atoms with van der Waals surface area (Å²) in [5.41, 5.74) is 7.32. The van der Waals surface area contributed by atoms with Crippen LogP contribution in [0.4, 0.5) is 17.2 Å². The van der Waals surface area contributed by atoms with Crippen molar-refractivity contribution in [3.05, 3.63) is 65.8 Å². The topological polar surface area (TPSA) is 121 Å². The van der Waals surface area contributed by atoms with E-state index >= 15 is 0 Å². The van der Waals surface area contributed by atoms with E-state index in [1.807, 2.05) is 53.7 Å². The van der Waals surface area contributed by atoms with E-state index in [-0.39, 0.29) is 11.8 Å². The maximum absolute atomic E-state index is 13.0. The number of rotatable bonds is 6. The molecule has 1 aliphatic rings. The Balaban J connectivity index is 1.43. The first-order valence-electron chi connectivity index (χ1n) is 12.1. The fourth-order valence-corrected chi connectivity index (χ4v) is 4.86. The number of hydrogen-bond acceptors (Lipinski definition) is 8. The van der Waals surface area contributed by atoms with Crippen molar-refractivity contribution in [3.8, 4) is 11.3 Å². The smallest absolute Gasteiger partial charge is 0.254 e. The minimum absolute atomic E-state index is 0.0755. The van der Waals surface area contributed by atoms with E-state index in [1.54, 1.807) is 30.6 Å². The van der Waals surface area contributed by atoms with E-state index < -0.39 is 0 Å². The Kier molecular flexibility index (Phi) is 5.57. The molecule has 0 unspecified atom stereocenters. The van der Waals surface area contributed by atoms with Crippen LogP contribution in [0.25, 0.3) is 28.1 Å². The van der Waals surface area contributed by atoms with Crippen LogP contribution in [0.1, 0.15) is 28.5 Å². The largest absolute Gasteiger partial charge is 0.445 e. The maximum Gasteiger partial charge on any atom is 0.254 e. The van der Waals surface area contributed by atoms with E-state index in [0.29, 0.717) is 41.5 Å². The number of nitrogens with zero attached hydrogens (tertiary/aromatic N) is 6. The Morgan fingerprint density at radius 1 is 1.13 bits per heavy atom. The third-order valence-electron chi connectivity index (χ3n) is 6.71. The molecule has 0 fully saturated rings. The fourth-order valence-electron chi connectivity index (χ4n) is 4.86. The number of nitrogens with one attached hydrogen (secondary N) is 2. The van der Waals surface area contributed by atoms with Crippen molar-refractivity contribution < 1.29 is 14.0 Å². The number of aromatic nitrogens is 4. The lowest BCUT2D eigenvalue weighted by atomic mass is 9.99. The molecule has 0 atom stereocenters. The first kappa shape index (κ1) is 23.6. The van der Waals surface area contributed by atoms with Gasteiger partial charge in [0.15, 0.2) is 5.65 Å². The van der Waals surface area contributed by atoms with Crippen LogP contribution in [0.15, 0.2) is 53.4 Å². The van der Waals surface area contributed by atoms with Gasteiger partial charge in [-0.05, 0) is 37.9 Å². The van der Waals surface area contributed by atoms with Gasteiger partial charge in [0.05, 0.1) is 47.0 Å². The molecule has 11 nitrogen and oxygen atoms in total. The molecular formula is C27H26N8O3. The van der Waals surface area contributed by atoms with Gasteiger partial charge in [-0.2, -0.15) is 0 Å². The molecule has 6 rings (SSSR count). The quantitative estimate of drug-likeness (QED) is 0.356. The second kappa shape index (κ2) is 8.96. The third kappa shape index (κ3) is 3.84. The van der Waals surface area contributed by atoms with Crippen LogP contribution in [0.3, 0.4) is 0 Å². The number of hydrogen-bond donors (Lipinski definition) is 2. The van der Waals surface area contributed by atoms with Crippen molar-refractivity contribution in [1.82, 2.24) is 29.6 Å². The number of pyridine rings is 1. The Hall–Kier alpha value is -4.77. The molecule has 0 radical (unpaired) electrons. The lowest BCUT2D eigenvalue weighted by Crippen LogP contribution is -2.26. The van der Waals surface area contributed by atoms with Crippen LogP contribution >= 0.6 is 0 Å². The number of amides is 2. The van der Waals surface area contributed by atoms with Crippen molar-refractivity contribution in [1.29, 1.82) is 0 Å². The van der Waals surface area contributed by atoms with Gasteiger partial charge in [-0.25, -0.2) is 15.0 Å². The highest BCUT2D eigenvalue weighted by atomic mass is 16.3. The molecule has 11 heteroatoms. The zero-order valence-electron chi connectivity index (χ0n) is 21.4. The summed E-state index contributed by atoms with van der Waals surface area (Å²) in [6.07, 6.45) is 5.05. The van der Waals surface area contributed by atoms with E-state index in [9.17, 15) is 9.59 Å². The standard InChI is InChI=1S/C27H26N8O3/c1-15(36)34(4)20-7-8-23(32-19(20)14-33(2)3)31-18-6-5-16(17-11-29-26(37)25(17)18)22-12-28-24-13-30-27-21(35(22)24)9-10-38-27/h5-10,12-13H,11,14H2,1-4H3,(H,29,37)(H,31,32). The highest BCUT2D eigenvalue weighted by Crippen LogP contribution is 2.36. The van der Waals surface area contributed by atoms with Gasteiger partial charge in [0, 0.05) is 38.7 Å². The van der Waals surface area contributed by atoms with Crippen LogP contribution in [0, 0.1) is 0 Å². The van der Waals surface area contributed by atoms with Gasteiger partial charge in [-0.1, -0.05) is 6.07 Å². The minimum atomic E-state index is -0.158. The molecule has 0 bridgehead atoms. The highest BCUT2D eigenvalue weighted by molar-refractivity contribution is 6.06. The van der Waals surface area contributed by atoms with Crippen LogP contribution in [-0.2, 0) is 17.9 Å². The second-order valence-corrected chi connectivity index (χ2v) is 9.51. The molecule has 0 spiro atoms. The molecule has 0 saturated carbocycles. The summed E-state index contributed by atoms with van der Waals surface area (Å²) in [6.45, 7) is 2.46. The van der Waals surface area contributed by atoms with E-state index in [0.717, 1.165) is 33.7 Å². The molecule has 38 heavy (non-hydrogen) atoms. The van der Waals surface area contributed by atoms with Gasteiger partial charge >= 0.3 is 0 Å². The van der Waals surface area contributed by atoms with Gasteiger partial charge in [0.1, 0.15) is 11.3 Å². The van der Waals surface area contributed by atoms with Crippen molar-refractivity contribution in [2.45, 2.75) is 20.0 Å². The summed E-state index contributed by atoms with van der Waals surface area (Å²) < 4.78 is 7.47. The van der Waals surface area contributed by atoms with Crippen LogP contribution in [0.5, 0.6) is 0 Å². The molecule has 0 aliphatic carbocycles. The second-order valence-electron chi connectivity index (χ2n) is 9.51. The third-order valence-corrected chi connectivity index (χ3v) is 6.71. The molecule has 1 aliphatic heterocycles. The average Bonchev–Trinajstić information content (AvgIpc) is 3.62. The summed E-state index contributed by atoms with van der Waals surface area (Å²) in [5.74, 6) is 0.349. The molecule has 2 N–H and O–H groups in total. The summed E-state index contributed by atoms with van der Waals surface area (Å²) in [5, 5.41) is 6.29. The summed E-state index contributed by atoms with van der Waals surface area (Å²) in [4.78, 5) is 42.2. The fraction of sp³-hybridized carbons (Fsp3) is 0.222. The van der Waals surface area contributed by atoms with Gasteiger partial charge < -0.3 is 24.9 Å².